The molecule has 1 aromatic carbocycles. The van der Waals surface area contributed by atoms with E-state index in [0.29, 0.717) is 5.69 Å². The lowest BCUT2D eigenvalue weighted by Crippen LogP contribution is -1.97. The molecule has 4 nitrogen and oxygen atoms in total. The largest absolute Gasteiger partial charge is 0.341 e. The number of nitrogens with one attached hydrogen (secondary N) is 1. The topological polar surface area (TPSA) is 42.2 Å². The Morgan fingerprint density at radius 1 is 1.22 bits per heavy atom. The third-order valence-electron chi connectivity index (χ3n) is 2.53. The standard InChI is InChI=1S/C12H8ClFN4/c13-9-6-8(4-5-10(9)14)16-11-2-1-3-12-17-15-7-18(11)12/h1-7,16H. The van der Waals surface area contributed by atoms with Crippen molar-refractivity contribution in [3.05, 3.63) is 53.6 Å². The number of rotatable bonds is 2. The molecule has 3 rings (SSSR count). The summed E-state index contributed by atoms with van der Waals surface area (Å²) in [6.45, 7) is 0. The van der Waals surface area contributed by atoms with E-state index in [0.717, 1.165) is 11.5 Å². The fourth-order valence-corrected chi connectivity index (χ4v) is 1.85. The van der Waals surface area contributed by atoms with Crippen LogP contribution in [0.3, 0.4) is 0 Å². The van der Waals surface area contributed by atoms with Gasteiger partial charge in [0.15, 0.2) is 5.65 Å². The van der Waals surface area contributed by atoms with Crippen molar-refractivity contribution in [2.24, 2.45) is 0 Å². The molecular weight excluding hydrogens is 255 g/mol. The summed E-state index contributed by atoms with van der Waals surface area (Å²) in [7, 11) is 0. The van der Waals surface area contributed by atoms with Gasteiger partial charge in [-0.1, -0.05) is 17.7 Å². The maximum absolute atomic E-state index is 13.1. The zero-order valence-corrected chi connectivity index (χ0v) is 9.89. The number of nitrogens with zero attached hydrogens (tertiary/aromatic N) is 3. The SMILES string of the molecule is Fc1ccc(Nc2cccc3nncn23)cc1Cl. The highest BCUT2D eigenvalue weighted by Crippen LogP contribution is 2.22. The molecule has 0 atom stereocenters. The number of hydrogen-bond donors (Lipinski definition) is 1. The molecule has 3 aromatic rings. The van der Waals surface area contributed by atoms with Crippen molar-refractivity contribution in [3.8, 4) is 0 Å². The van der Waals surface area contributed by atoms with Crippen LogP contribution in [-0.4, -0.2) is 14.6 Å². The van der Waals surface area contributed by atoms with Crippen LogP contribution < -0.4 is 5.32 Å². The zero-order valence-electron chi connectivity index (χ0n) is 9.14. The highest BCUT2D eigenvalue weighted by atomic mass is 35.5. The van der Waals surface area contributed by atoms with Gasteiger partial charge in [-0.05, 0) is 30.3 Å². The van der Waals surface area contributed by atoms with Crippen molar-refractivity contribution in [2.75, 3.05) is 5.32 Å². The molecule has 90 valence electrons. The molecule has 0 bridgehead atoms. The van der Waals surface area contributed by atoms with Gasteiger partial charge in [0, 0.05) is 5.69 Å². The van der Waals surface area contributed by atoms with Crippen molar-refractivity contribution >= 4 is 28.8 Å². The Balaban J connectivity index is 2.01. The van der Waals surface area contributed by atoms with Crippen LogP contribution in [0.25, 0.3) is 5.65 Å². The van der Waals surface area contributed by atoms with Gasteiger partial charge >= 0.3 is 0 Å². The number of hydrogen-bond acceptors (Lipinski definition) is 3. The number of aromatic nitrogens is 3. The van der Waals surface area contributed by atoms with Gasteiger partial charge in [-0.25, -0.2) is 4.39 Å². The van der Waals surface area contributed by atoms with Crippen molar-refractivity contribution in [1.82, 2.24) is 14.6 Å². The fraction of sp³-hybridized carbons (Fsp3) is 0. The predicted octanol–water partition coefficient (Wildman–Crippen LogP) is 3.27. The minimum atomic E-state index is -0.440. The van der Waals surface area contributed by atoms with Crippen molar-refractivity contribution in [1.29, 1.82) is 0 Å². The number of benzene rings is 1. The average Bonchev–Trinajstić information content (AvgIpc) is 2.83. The first kappa shape index (κ1) is 11.0. The van der Waals surface area contributed by atoms with Crippen LogP contribution in [0, 0.1) is 5.82 Å². The molecule has 0 aliphatic rings. The Labute approximate surface area is 107 Å². The van der Waals surface area contributed by atoms with Gasteiger partial charge in [0.25, 0.3) is 0 Å². The molecule has 0 amide bonds. The van der Waals surface area contributed by atoms with E-state index in [1.165, 1.54) is 12.1 Å². The van der Waals surface area contributed by atoms with Crippen molar-refractivity contribution in [2.45, 2.75) is 0 Å². The summed E-state index contributed by atoms with van der Waals surface area (Å²) in [6, 6.07) is 10.0. The molecule has 18 heavy (non-hydrogen) atoms. The quantitative estimate of drug-likeness (QED) is 0.771. The summed E-state index contributed by atoms with van der Waals surface area (Å²) in [5.41, 5.74) is 1.43. The summed E-state index contributed by atoms with van der Waals surface area (Å²) in [4.78, 5) is 0. The van der Waals surface area contributed by atoms with E-state index in [1.54, 1.807) is 16.8 Å². The van der Waals surface area contributed by atoms with Gasteiger partial charge in [-0.15, -0.1) is 10.2 Å². The number of pyridine rings is 1. The zero-order chi connectivity index (χ0) is 12.5. The first-order valence-corrected chi connectivity index (χ1v) is 5.63. The second-order valence-corrected chi connectivity index (χ2v) is 4.13. The first-order valence-electron chi connectivity index (χ1n) is 5.25. The average molecular weight is 263 g/mol. The molecule has 0 radical (unpaired) electrons. The minimum Gasteiger partial charge on any atom is -0.341 e. The molecule has 0 fully saturated rings. The normalized spacial score (nSPS) is 10.8. The molecular formula is C12H8ClFN4. The highest BCUT2D eigenvalue weighted by molar-refractivity contribution is 6.31. The number of anilines is 2. The van der Waals surface area contributed by atoms with E-state index in [2.05, 4.69) is 15.5 Å². The van der Waals surface area contributed by atoms with Crippen LogP contribution in [0.4, 0.5) is 15.9 Å². The molecule has 0 saturated heterocycles. The molecule has 0 spiro atoms. The van der Waals surface area contributed by atoms with Gasteiger partial charge in [-0.2, -0.15) is 0 Å². The monoisotopic (exact) mass is 262 g/mol. The Morgan fingerprint density at radius 2 is 2.11 bits per heavy atom. The van der Waals surface area contributed by atoms with E-state index in [4.69, 9.17) is 11.6 Å². The molecule has 2 heterocycles. The molecule has 0 aliphatic carbocycles. The smallest absolute Gasteiger partial charge is 0.162 e. The third-order valence-corrected chi connectivity index (χ3v) is 2.81. The van der Waals surface area contributed by atoms with Crippen LogP contribution in [-0.2, 0) is 0 Å². The summed E-state index contributed by atoms with van der Waals surface area (Å²) in [6.07, 6.45) is 1.60. The van der Waals surface area contributed by atoms with E-state index in [9.17, 15) is 4.39 Å². The van der Waals surface area contributed by atoms with Gasteiger partial charge in [0.05, 0.1) is 5.02 Å². The number of fused-ring (bicyclic) bond motifs is 1. The summed E-state index contributed by atoms with van der Waals surface area (Å²) < 4.78 is 14.8. The Morgan fingerprint density at radius 3 is 2.94 bits per heavy atom. The van der Waals surface area contributed by atoms with Gasteiger partial charge in [0.2, 0.25) is 0 Å². The molecule has 0 saturated carbocycles. The predicted molar refractivity (Wildman–Crippen MR) is 67.7 cm³/mol. The Hall–Kier alpha value is -2.14. The van der Waals surface area contributed by atoms with Gasteiger partial charge in [-0.3, -0.25) is 4.40 Å². The molecule has 1 N–H and O–H groups in total. The molecule has 0 unspecified atom stereocenters. The van der Waals surface area contributed by atoms with Crippen LogP contribution in [0.15, 0.2) is 42.7 Å². The summed E-state index contributed by atoms with van der Waals surface area (Å²) in [5.74, 6) is 0.338. The second-order valence-electron chi connectivity index (χ2n) is 3.72. The summed E-state index contributed by atoms with van der Waals surface area (Å²) >= 11 is 5.73. The maximum atomic E-state index is 13.1. The molecule has 6 heteroatoms. The lowest BCUT2D eigenvalue weighted by atomic mass is 10.3. The van der Waals surface area contributed by atoms with Crippen LogP contribution >= 0.6 is 11.6 Å². The lowest BCUT2D eigenvalue weighted by Gasteiger charge is -2.08. The maximum Gasteiger partial charge on any atom is 0.162 e. The third kappa shape index (κ3) is 1.89. The van der Waals surface area contributed by atoms with Gasteiger partial charge in [0.1, 0.15) is 18.0 Å². The Kier molecular flexibility index (Phi) is 2.60. The van der Waals surface area contributed by atoms with Crippen molar-refractivity contribution in [3.63, 3.8) is 0 Å². The van der Waals surface area contributed by atoms with Crippen molar-refractivity contribution < 1.29 is 4.39 Å². The highest BCUT2D eigenvalue weighted by Gasteiger charge is 2.04. The van der Waals surface area contributed by atoms with E-state index in [1.807, 2.05) is 18.2 Å². The van der Waals surface area contributed by atoms with Crippen LogP contribution in [0.1, 0.15) is 0 Å². The van der Waals surface area contributed by atoms with Crippen LogP contribution in [0.5, 0.6) is 0 Å². The number of halogens is 2. The van der Waals surface area contributed by atoms with Crippen LogP contribution in [0.2, 0.25) is 5.02 Å². The van der Waals surface area contributed by atoms with Gasteiger partial charge < -0.3 is 5.32 Å². The second kappa shape index (κ2) is 4.27. The fourth-order valence-electron chi connectivity index (χ4n) is 1.67. The molecule has 0 aliphatic heterocycles. The minimum absolute atomic E-state index is 0.0796. The first-order chi connectivity index (χ1) is 8.74. The van der Waals surface area contributed by atoms with E-state index in [-0.39, 0.29) is 5.02 Å². The lowest BCUT2D eigenvalue weighted by molar-refractivity contribution is 0.628. The van der Waals surface area contributed by atoms with E-state index < -0.39 is 5.82 Å². The Bertz CT molecular complexity index is 710. The van der Waals surface area contributed by atoms with E-state index >= 15 is 0 Å². The molecule has 2 aromatic heterocycles. The summed E-state index contributed by atoms with van der Waals surface area (Å²) in [5, 5.41) is 11.0.